The molecule has 116 valence electrons. The molecule has 1 saturated heterocycles. The Labute approximate surface area is 132 Å². The molecule has 3 N–H and O–H groups in total. The van der Waals surface area contributed by atoms with Gasteiger partial charge in [-0.15, -0.1) is 0 Å². The molecule has 1 aromatic rings. The summed E-state index contributed by atoms with van der Waals surface area (Å²) >= 11 is 3.39. The first-order valence-corrected chi connectivity index (χ1v) is 8.95. The van der Waals surface area contributed by atoms with Crippen molar-refractivity contribution in [3.05, 3.63) is 28.2 Å². The molecule has 1 heterocycles. The number of sulfonamides is 1. The molecule has 9 heteroatoms. The number of anilines is 1. The van der Waals surface area contributed by atoms with Crippen LogP contribution in [0.15, 0.2) is 27.8 Å². The van der Waals surface area contributed by atoms with Crippen LogP contribution in [0.2, 0.25) is 0 Å². The lowest BCUT2D eigenvalue weighted by Gasteiger charge is -2.35. The predicted octanol–water partition coefficient (Wildman–Crippen LogP) is 0.625. The highest BCUT2D eigenvalue weighted by atomic mass is 79.9. The largest absolute Gasteiger partial charge is 0.409 e. The highest BCUT2D eigenvalue weighted by molar-refractivity contribution is 9.10. The molecule has 0 aliphatic carbocycles. The van der Waals surface area contributed by atoms with Crippen molar-refractivity contribution < 1.29 is 13.6 Å². The molecule has 1 aromatic carbocycles. The standard InChI is InChI=1S/C12H17BrN4O3S/c1-21(19,20)17-7-5-16(6-8-17)10-4-2-3-9(13)11(10)12(14)15-18/h2-4,18H,5-8H2,1H3,(H2,14,15). The van der Waals surface area contributed by atoms with Crippen LogP contribution in [0.3, 0.4) is 0 Å². The first-order valence-electron chi connectivity index (χ1n) is 6.31. The summed E-state index contributed by atoms with van der Waals surface area (Å²) in [5.74, 6) is 0.0167. The van der Waals surface area contributed by atoms with Crippen LogP contribution in [0.25, 0.3) is 0 Å². The molecule has 1 aliphatic heterocycles. The van der Waals surface area contributed by atoms with Crippen LogP contribution < -0.4 is 10.6 Å². The van der Waals surface area contributed by atoms with E-state index in [0.717, 1.165) is 10.2 Å². The maximum absolute atomic E-state index is 11.5. The third kappa shape index (κ3) is 3.47. The Morgan fingerprint density at radius 2 is 1.95 bits per heavy atom. The molecule has 7 nitrogen and oxygen atoms in total. The maximum Gasteiger partial charge on any atom is 0.211 e. The van der Waals surface area contributed by atoms with Gasteiger partial charge in [0.05, 0.1) is 11.8 Å². The van der Waals surface area contributed by atoms with Gasteiger partial charge in [-0.05, 0) is 28.1 Å². The lowest BCUT2D eigenvalue weighted by Crippen LogP contribution is -2.48. The molecule has 0 bridgehead atoms. The van der Waals surface area contributed by atoms with Crippen LogP contribution in [0, 0.1) is 0 Å². The zero-order chi connectivity index (χ0) is 15.6. The van der Waals surface area contributed by atoms with E-state index in [0.29, 0.717) is 31.7 Å². The van der Waals surface area contributed by atoms with Gasteiger partial charge in [0.25, 0.3) is 0 Å². The topological polar surface area (TPSA) is 99.2 Å². The monoisotopic (exact) mass is 376 g/mol. The predicted molar refractivity (Wildman–Crippen MR) is 85.3 cm³/mol. The number of rotatable bonds is 3. The Bertz CT molecular complexity index is 654. The number of nitrogens with zero attached hydrogens (tertiary/aromatic N) is 3. The number of halogens is 1. The van der Waals surface area contributed by atoms with Gasteiger partial charge in [0.15, 0.2) is 5.84 Å². The average molecular weight is 377 g/mol. The summed E-state index contributed by atoms with van der Waals surface area (Å²) in [4.78, 5) is 2.03. The second kappa shape index (κ2) is 6.20. The molecule has 1 fully saturated rings. The SMILES string of the molecule is CS(=O)(=O)N1CCN(c2cccc(Br)c2/C(N)=N/O)CC1. The average Bonchev–Trinajstić information content (AvgIpc) is 2.45. The number of benzene rings is 1. The summed E-state index contributed by atoms with van der Waals surface area (Å²) in [5.41, 5.74) is 7.15. The Hall–Kier alpha value is -1.32. The molecule has 1 aliphatic rings. The number of amidine groups is 1. The Balaban J connectivity index is 2.27. The van der Waals surface area contributed by atoms with Gasteiger partial charge in [0.2, 0.25) is 10.0 Å². The van der Waals surface area contributed by atoms with E-state index in [1.165, 1.54) is 10.6 Å². The number of hydrogen-bond acceptors (Lipinski definition) is 5. The smallest absolute Gasteiger partial charge is 0.211 e. The summed E-state index contributed by atoms with van der Waals surface area (Å²) < 4.78 is 25.2. The Morgan fingerprint density at radius 3 is 2.48 bits per heavy atom. The van der Waals surface area contributed by atoms with Crippen molar-refractivity contribution in [1.82, 2.24) is 4.31 Å². The molecule has 0 radical (unpaired) electrons. The third-order valence-corrected chi connectivity index (χ3v) is 5.37. The van der Waals surface area contributed by atoms with E-state index in [2.05, 4.69) is 21.1 Å². The van der Waals surface area contributed by atoms with Crippen LogP contribution >= 0.6 is 15.9 Å². The van der Waals surface area contributed by atoms with Gasteiger partial charge in [0, 0.05) is 36.3 Å². The molecule has 0 amide bonds. The Kier molecular flexibility index (Phi) is 4.74. The second-order valence-corrected chi connectivity index (χ2v) is 7.61. The normalized spacial score (nSPS) is 18.0. The van der Waals surface area contributed by atoms with Gasteiger partial charge < -0.3 is 15.8 Å². The van der Waals surface area contributed by atoms with Gasteiger partial charge >= 0.3 is 0 Å². The fourth-order valence-corrected chi connectivity index (χ4v) is 3.73. The van der Waals surface area contributed by atoms with E-state index < -0.39 is 10.0 Å². The summed E-state index contributed by atoms with van der Waals surface area (Å²) in [7, 11) is -3.16. The van der Waals surface area contributed by atoms with E-state index in [9.17, 15) is 8.42 Å². The third-order valence-electron chi connectivity index (χ3n) is 3.40. The number of nitrogens with two attached hydrogens (primary N) is 1. The van der Waals surface area contributed by atoms with Crippen molar-refractivity contribution in [2.75, 3.05) is 37.3 Å². The van der Waals surface area contributed by atoms with Gasteiger partial charge in [-0.3, -0.25) is 0 Å². The zero-order valence-electron chi connectivity index (χ0n) is 11.5. The molecule has 2 rings (SSSR count). The first-order chi connectivity index (χ1) is 9.84. The molecule has 0 atom stereocenters. The quantitative estimate of drug-likeness (QED) is 0.348. The van der Waals surface area contributed by atoms with Gasteiger partial charge in [0.1, 0.15) is 0 Å². The lowest BCUT2D eigenvalue weighted by molar-refractivity contribution is 0.318. The van der Waals surface area contributed by atoms with E-state index >= 15 is 0 Å². The highest BCUT2D eigenvalue weighted by Gasteiger charge is 2.25. The second-order valence-electron chi connectivity index (χ2n) is 4.77. The van der Waals surface area contributed by atoms with E-state index in [1.54, 1.807) is 0 Å². The van der Waals surface area contributed by atoms with Crippen LogP contribution in [0.4, 0.5) is 5.69 Å². The molecular weight excluding hydrogens is 360 g/mol. The van der Waals surface area contributed by atoms with Crippen LogP contribution in [0.1, 0.15) is 5.56 Å². The van der Waals surface area contributed by atoms with Crippen molar-refractivity contribution >= 4 is 37.5 Å². The van der Waals surface area contributed by atoms with E-state index in [1.807, 2.05) is 23.1 Å². The minimum atomic E-state index is -3.16. The molecule has 0 spiro atoms. The van der Waals surface area contributed by atoms with Crippen LogP contribution in [-0.2, 0) is 10.0 Å². The van der Waals surface area contributed by atoms with Crippen LogP contribution in [0.5, 0.6) is 0 Å². The fourth-order valence-electron chi connectivity index (χ4n) is 2.34. The van der Waals surface area contributed by atoms with Crippen molar-refractivity contribution in [1.29, 1.82) is 0 Å². The minimum Gasteiger partial charge on any atom is -0.409 e. The van der Waals surface area contributed by atoms with E-state index in [4.69, 9.17) is 10.9 Å². The maximum atomic E-state index is 11.5. The Morgan fingerprint density at radius 1 is 1.33 bits per heavy atom. The van der Waals surface area contributed by atoms with Crippen molar-refractivity contribution in [3.63, 3.8) is 0 Å². The number of piperazine rings is 1. The summed E-state index contributed by atoms with van der Waals surface area (Å²) in [6.45, 7) is 1.94. The van der Waals surface area contributed by atoms with E-state index in [-0.39, 0.29) is 5.84 Å². The van der Waals surface area contributed by atoms with Crippen molar-refractivity contribution in [3.8, 4) is 0 Å². The van der Waals surface area contributed by atoms with Crippen LogP contribution in [-0.4, -0.2) is 56.2 Å². The van der Waals surface area contributed by atoms with Crippen molar-refractivity contribution in [2.24, 2.45) is 10.9 Å². The molecular formula is C12H17BrN4O3S. The fraction of sp³-hybridized carbons (Fsp3) is 0.417. The first kappa shape index (κ1) is 16.1. The zero-order valence-corrected chi connectivity index (χ0v) is 13.9. The molecule has 0 aromatic heterocycles. The highest BCUT2D eigenvalue weighted by Crippen LogP contribution is 2.28. The van der Waals surface area contributed by atoms with Gasteiger partial charge in [-0.2, -0.15) is 4.31 Å². The molecule has 0 saturated carbocycles. The summed E-state index contributed by atoms with van der Waals surface area (Å²) in [6.07, 6.45) is 1.21. The number of hydrogen-bond donors (Lipinski definition) is 2. The minimum absolute atomic E-state index is 0.0167. The lowest BCUT2D eigenvalue weighted by atomic mass is 10.1. The molecule has 0 unspecified atom stereocenters. The number of oxime groups is 1. The molecule has 21 heavy (non-hydrogen) atoms. The van der Waals surface area contributed by atoms with Gasteiger partial charge in [-0.1, -0.05) is 11.2 Å². The van der Waals surface area contributed by atoms with Gasteiger partial charge in [-0.25, -0.2) is 8.42 Å². The summed E-state index contributed by atoms with van der Waals surface area (Å²) in [5, 5.41) is 12.0. The van der Waals surface area contributed by atoms with Crippen molar-refractivity contribution in [2.45, 2.75) is 0 Å². The summed E-state index contributed by atoms with van der Waals surface area (Å²) in [6, 6.07) is 5.54.